The molecule has 0 aromatic rings. The van der Waals surface area contributed by atoms with Crippen LogP contribution in [0.15, 0.2) is 23.8 Å². The second-order valence-electron chi connectivity index (χ2n) is 7.23. The maximum atomic E-state index is 6.63. The summed E-state index contributed by atoms with van der Waals surface area (Å²) in [6, 6.07) is 0. The van der Waals surface area contributed by atoms with Crippen molar-refractivity contribution in [3.8, 4) is 0 Å². The van der Waals surface area contributed by atoms with Crippen LogP contribution in [0, 0.1) is 11.8 Å². The average Bonchev–Trinajstić information content (AvgIpc) is 2.95. The number of ether oxygens (including phenoxy) is 1. The van der Waals surface area contributed by atoms with Gasteiger partial charge in [0.2, 0.25) is 8.32 Å². The monoisotopic (exact) mass is 292 g/mol. The molecular weight excluding hydrogens is 264 g/mol. The first kappa shape index (κ1) is 14.5. The van der Waals surface area contributed by atoms with Gasteiger partial charge in [-0.05, 0) is 29.0 Å². The molecule has 3 atom stereocenters. The third-order valence-electron chi connectivity index (χ3n) is 5.73. The lowest BCUT2D eigenvalue weighted by atomic mass is 9.84. The van der Waals surface area contributed by atoms with Crippen molar-refractivity contribution in [3.63, 3.8) is 0 Å². The molecule has 0 amide bonds. The molecule has 0 unspecified atom stereocenters. The lowest BCUT2D eigenvalue weighted by molar-refractivity contribution is 0.163. The fourth-order valence-electron chi connectivity index (χ4n) is 4.78. The van der Waals surface area contributed by atoms with E-state index >= 15 is 0 Å². The molecule has 2 nitrogen and oxygen atoms in total. The van der Waals surface area contributed by atoms with E-state index in [4.69, 9.17) is 9.16 Å². The molecule has 112 valence electrons. The van der Waals surface area contributed by atoms with Crippen molar-refractivity contribution in [2.45, 2.75) is 50.7 Å². The van der Waals surface area contributed by atoms with Crippen molar-refractivity contribution in [1.82, 2.24) is 0 Å². The summed E-state index contributed by atoms with van der Waals surface area (Å²) in [6.07, 6.45) is 8.34. The Bertz CT molecular complexity index is 417. The highest BCUT2D eigenvalue weighted by Crippen LogP contribution is 2.55. The molecule has 0 bridgehead atoms. The zero-order valence-corrected chi connectivity index (χ0v) is 14.3. The van der Waals surface area contributed by atoms with Gasteiger partial charge in [-0.2, -0.15) is 0 Å². The van der Waals surface area contributed by atoms with Crippen molar-refractivity contribution >= 4 is 8.32 Å². The average molecular weight is 292 g/mol. The Morgan fingerprint density at radius 2 is 1.90 bits per heavy atom. The Labute approximate surface area is 124 Å². The Morgan fingerprint density at radius 3 is 2.60 bits per heavy atom. The van der Waals surface area contributed by atoms with Gasteiger partial charge >= 0.3 is 0 Å². The van der Waals surface area contributed by atoms with Crippen molar-refractivity contribution in [3.05, 3.63) is 23.8 Å². The highest BCUT2D eigenvalue weighted by atomic mass is 28.4. The summed E-state index contributed by atoms with van der Waals surface area (Å²) < 4.78 is 12.4. The summed E-state index contributed by atoms with van der Waals surface area (Å²) >= 11 is 0. The minimum absolute atomic E-state index is 0.608. The van der Waals surface area contributed by atoms with Crippen LogP contribution in [0.5, 0.6) is 0 Å². The van der Waals surface area contributed by atoms with E-state index in [9.17, 15) is 0 Å². The van der Waals surface area contributed by atoms with Crippen molar-refractivity contribution in [2.75, 3.05) is 19.8 Å². The van der Waals surface area contributed by atoms with E-state index in [-0.39, 0.29) is 0 Å². The molecule has 0 saturated carbocycles. The Kier molecular flexibility index (Phi) is 3.95. The molecule has 0 aromatic heterocycles. The number of hydrogen-bond acceptors (Lipinski definition) is 2. The first-order valence-corrected chi connectivity index (χ1v) is 10.3. The standard InChI is InChI=1S/C17H28O2Si/c1-12(2)20(13(3)4)17-8-6-5-7-14-9-18-10-15(14)16(17)11-19-20/h6-8,12-13,15-17H,5,9-11H2,1-4H3/b8-6-,14-7-/t15-,16-,17-/m1/s1. The maximum absolute atomic E-state index is 6.63. The second kappa shape index (κ2) is 5.43. The van der Waals surface area contributed by atoms with Crippen LogP contribution in [-0.2, 0) is 9.16 Å². The summed E-state index contributed by atoms with van der Waals surface area (Å²) in [5.74, 6) is 1.26. The van der Waals surface area contributed by atoms with E-state index in [2.05, 4.69) is 45.9 Å². The second-order valence-corrected chi connectivity index (χ2v) is 12.2. The summed E-state index contributed by atoms with van der Waals surface area (Å²) in [6.45, 7) is 12.2. The van der Waals surface area contributed by atoms with Crippen LogP contribution >= 0.6 is 0 Å². The molecule has 0 spiro atoms. The van der Waals surface area contributed by atoms with Gasteiger partial charge in [0.1, 0.15) is 0 Å². The van der Waals surface area contributed by atoms with Crippen LogP contribution in [0.3, 0.4) is 0 Å². The van der Waals surface area contributed by atoms with E-state index in [1.807, 2.05) is 0 Å². The molecule has 0 aromatic carbocycles. The lowest BCUT2D eigenvalue weighted by Crippen LogP contribution is -2.45. The van der Waals surface area contributed by atoms with Crippen LogP contribution in [-0.4, -0.2) is 28.1 Å². The number of allylic oxidation sites excluding steroid dienone is 3. The summed E-state index contributed by atoms with van der Waals surface area (Å²) in [7, 11) is -1.73. The fourth-order valence-corrected chi connectivity index (χ4v) is 10.4. The fraction of sp³-hybridized carbons (Fsp3) is 0.765. The summed E-state index contributed by atoms with van der Waals surface area (Å²) in [5.41, 5.74) is 3.55. The Hall–Kier alpha value is -0.383. The van der Waals surface area contributed by atoms with Gasteiger partial charge < -0.3 is 9.16 Å². The van der Waals surface area contributed by atoms with Crippen LogP contribution < -0.4 is 0 Å². The summed E-state index contributed by atoms with van der Waals surface area (Å²) in [4.78, 5) is 0. The van der Waals surface area contributed by atoms with Gasteiger partial charge in [0.15, 0.2) is 0 Å². The Morgan fingerprint density at radius 1 is 1.15 bits per heavy atom. The smallest absolute Gasteiger partial charge is 0.204 e. The molecular formula is C17H28O2Si. The van der Waals surface area contributed by atoms with E-state index in [0.29, 0.717) is 28.5 Å². The van der Waals surface area contributed by atoms with E-state index in [1.54, 1.807) is 0 Å². The quantitative estimate of drug-likeness (QED) is 0.558. The van der Waals surface area contributed by atoms with Gasteiger partial charge in [-0.1, -0.05) is 45.9 Å². The van der Waals surface area contributed by atoms with Crippen molar-refractivity contribution in [1.29, 1.82) is 0 Å². The minimum Gasteiger partial charge on any atom is -0.415 e. The van der Waals surface area contributed by atoms with Gasteiger partial charge in [-0.25, -0.2) is 0 Å². The van der Waals surface area contributed by atoms with Gasteiger partial charge in [-0.15, -0.1) is 0 Å². The molecule has 3 heteroatoms. The van der Waals surface area contributed by atoms with Crippen LogP contribution in [0.4, 0.5) is 0 Å². The molecule has 0 radical (unpaired) electrons. The topological polar surface area (TPSA) is 18.5 Å². The third-order valence-corrected chi connectivity index (χ3v) is 11.7. The molecule has 2 heterocycles. The van der Waals surface area contributed by atoms with Crippen LogP contribution in [0.25, 0.3) is 0 Å². The zero-order valence-electron chi connectivity index (χ0n) is 13.3. The zero-order chi connectivity index (χ0) is 14.3. The summed E-state index contributed by atoms with van der Waals surface area (Å²) in [5, 5.41) is 0. The molecule has 2 saturated heterocycles. The normalized spacial score (nSPS) is 39.9. The predicted molar refractivity (Wildman–Crippen MR) is 85.3 cm³/mol. The van der Waals surface area contributed by atoms with Gasteiger partial charge in [0, 0.05) is 18.1 Å². The van der Waals surface area contributed by atoms with E-state index < -0.39 is 8.32 Å². The molecule has 1 aliphatic carbocycles. The molecule has 3 rings (SSSR count). The minimum atomic E-state index is -1.73. The van der Waals surface area contributed by atoms with Gasteiger partial charge in [0.05, 0.1) is 13.2 Å². The Balaban J connectivity index is 1.99. The molecule has 2 fully saturated rings. The molecule has 0 N–H and O–H groups in total. The first-order chi connectivity index (χ1) is 9.57. The largest absolute Gasteiger partial charge is 0.415 e. The van der Waals surface area contributed by atoms with Crippen LogP contribution in [0.2, 0.25) is 16.6 Å². The van der Waals surface area contributed by atoms with E-state index in [1.165, 1.54) is 5.57 Å². The highest BCUT2D eigenvalue weighted by molar-refractivity contribution is 6.78. The SMILES string of the molecule is CC(C)[Si]1(C(C)C)OC[C@@H]2[C@@H]3COC/C3=C/C/C=C\[C@H]21. The van der Waals surface area contributed by atoms with Crippen LogP contribution in [0.1, 0.15) is 34.1 Å². The predicted octanol–water partition coefficient (Wildman–Crippen LogP) is 4.30. The number of rotatable bonds is 2. The van der Waals surface area contributed by atoms with E-state index in [0.717, 1.165) is 26.2 Å². The first-order valence-electron chi connectivity index (χ1n) is 8.14. The van der Waals surface area contributed by atoms with Gasteiger partial charge in [0.25, 0.3) is 0 Å². The molecule has 20 heavy (non-hydrogen) atoms. The van der Waals surface area contributed by atoms with Crippen molar-refractivity contribution in [2.24, 2.45) is 11.8 Å². The van der Waals surface area contributed by atoms with Crippen molar-refractivity contribution < 1.29 is 9.16 Å². The third kappa shape index (κ3) is 2.06. The highest BCUT2D eigenvalue weighted by Gasteiger charge is 2.57. The van der Waals surface area contributed by atoms with Gasteiger partial charge in [-0.3, -0.25) is 0 Å². The number of hydrogen-bond donors (Lipinski definition) is 0. The lowest BCUT2D eigenvalue weighted by Gasteiger charge is -2.40. The number of fused-ring (bicyclic) bond motifs is 3. The maximum Gasteiger partial charge on any atom is 0.204 e. The molecule has 2 aliphatic heterocycles. The molecule has 3 aliphatic rings.